The topological polar surface area (TPSA) is 67.2 Å². The Labute approximate surface area is 203 Å². The third kappa shape index (κ3) is 5.33. The van der Waals surface area contributed by atoms with Crippen molar-refractivity contribution in [3.05, 3.63) is 98.8 Å². The fraction of sp³-hybridized carbons (Fsp3) is 0.0833. The van der Waals surface area contributed by atoms with Gasteiger partial charge in [0.15, 0.2) is 0 Å². The highest BCUT2D eigenvalue weighted by Crippen LogP contribution is 2.31. The zero-order valence-corrected chi connectivity index (χ0v) is 19.8. The van der Waals surface area contributed by atoms with E-state index in [4.69, 9.17) is 33.3 Å². The van der Waals surface area contributed by atoms with Gasteiger partial charge in [0.1, 0.15) is 12.4 Å². The highest BCUT2D eigenvalue weighted by molar-refractivity contribution is 9.10. The van der Waals surface area contributed by atoms with E-state index in [0.29, 0.717) is 16.5 Å². The third-order valence-electron chi connectivity index (χ3n) is 4.85. The lowest BCUT2D eigenvalue weighted by atomic mass is 10.1. The van der Waals surface area contributed by atoms with Crippen LogP contribution in [0.3, 0.4) is 0 Å². The summed E-state index contributed by atoms with van der Waals surface area (Å²) in [4.78, 5) is 15.7. The number of aliphatic carboxylic acids is 1. The minimum atomic E-state index is -0.912. The predicted octanol–water partition coefficient (Wildman–Crippen LogP) is 6.70. The van der Waals surface area contributed by atoms with Crippen LogP contribution >= 0.6 is 39.1 Å². The van der Waals surface area contributed by atoms with Crippen molar-refractivity contribution < 1.29 is 9.90 Å². The minimum Gasteiger partial charge on any atom is -0.480 e. The molecule has 0 aliphatic carbocycles. The number of anilines is 1. The van der Waals surface area contributed by atoms with Crippen molar-refractivity contribution in [3.63, 3.8) is 0 Å². The molecule has 0 saturated heterocycles. The minimum absolute atomic E-state index is 0.140. The van der Waals surface area contributed by atoms with E-state index in [1.807, 2.05) is 53.2 Å². The summed E-state index contributed by atoms with van der Waals surface area (Å²) in [5, 5.41) is 12.8. The number of nitrogens with zero attached hydrogens (tertiary/aromatic N) is 2. The Kier molecular flexibility index (Phi) is 6.84. The van der Waals surface area contributed by atoms with E-state index in [9.17, 15) is 4.79 Å². The van der Waals surface area contributed by atoms with Crippen LogP contribution in [0.25, 0.3) is 16.9 Å². The molecule has 5 nitrogen and oxygen atoms in total. The van der Waals surface area contributed by atoms with Crippen LogP contribution in [-0.4, -0.2) is 27.2 Å². The van der Waals surface area contributed by atoms with E-state index in [1.165, 1.54) is 0 Å². The summed E-state index contributed by atoms with van der Waals surface area (Å²) >= 11 is 16.0. The van der Waals surface area contributed by atoms with E-state index in [2.05, 4.69) is 33.4 Å². The van der Waals surface area contributed by atoms with E-state index in [0.717, 1.165) is 38.5 Å². The number of carboxylic acid groups (broad SMARTS) is 1. The first-order valence-electron chi connectivity index (χ1n) is 9.73. The fourth-order valence-electron chi connectivity index (χ4n) is 3.30. The number of carboxylic acids is 1. The molecule has 0 saturated carbocycles. The van der Waals surface area contributed by atoms with Gasteiger partial charge in [-0.1, -0.05) is 51.3 Å². The second-order valence-corrected chi connectivity index (χ2v) is 8.89. The summed E-state index contributed by atoms with van der Waals surface area (Å²) in [6.45, 7) is -0.140. The molecule has 1 heterocycles. The fourth-order valence-corrected chi connectivity index (χ4v) is 4.07. The Morgan fingerprint density at radius 2 is 1.75 bits per heavy atom. The highest BCUT2D eigenvalue weighted by Gasteiger charge is 2.14. The Morgan fingerprint density at radius 3 is 2.41 bits per heavy atom. The molecule has 162 valence electrons. The van der Waals surface area contributed by atoms with Gasteiger partial charge in [0.05, 0.1) is 10.7 Å². The van der Waals surface area contributed by atoms with Gasteiger partial charge in [-0.25, -0.2) is 4.98 Å². The van der Waals surface area contributed by atoms with Crippen LogP contribution in [0.4, 0.5) is 5.69 Å². The van der Waals surface area contributed by atoms with Crippen molar-refractivity contribution in [2.75, 3.05) is 11.9 Å². The van der Waals surface area contributed by atoms with Gasteiger partial charge in [0.25, 0.3) is 0 Å². The van der Waals surface area contributed by atoms with Crippen LogP contribution in [0.2, 0.25) is 10.0 Å². The summed E-state index contributed by atoms with van der Waals surface area (Å²) in [6.07, 6.45) is 2.57. The Bertz CT molecular complexity index is 1260. The zero-order valence-electron chi connectivity index (χ0n) is 16.7. The molecule has 0 atom stereocenters. The van der Waals surface area contributed by atoms with E-state index >= 15 is 0 Å². The molecule has 0 amide bonds. The number of benzene rings is 3. The first kappa shape index (κ1) is 22.4. The first-order valence-corrected chi connectivity index (χ1v) is 11.3. The molecule has 4 aromatic rings. The van der Waals surface area contributed by atoms with Gasteiger partial charge in [-0.05, 0) is 60.2 Å². The average Bonchev–Trinajstić information content (AvgIpc) is 3.17. The largest absolute Gasteiger partial charge is 0.480 e. The molecular weight excluding hydrogens is 513 g/mol. The highest BCUT2D eigenvalue weighted by atomic mass is 79.9. The van der Waals surface area contributed by atoms with Crippen LogP contribution < -0.4 is 5.32 Å². The van der Waals surface area contributed by atoms with E-state index in [1.54, 1.807) is 12.1 Å². The molecule has 2 N–H and O–H groups in total. The normalized spacial score (nSPS) is 10.8. The Balaban J connectivity index is 1.72. The number of hydrogen-bond acceptors (Lipinski definition) is 3. The second kappa shape index (κ2) is 9.77. The van der Waals surface area contributed by atoms with Crippen LogP contribution in [0.1, 0.15) is 11.4 Å². The van der Waals surface area contributed by atoms with Crippen molar-refractivity contribution in [1.29, 1.82) is 0 Å². The monoisotopic (exact) mass is 529 g/mol. The van der Waals surface area contributed by atoms with Crippen molar-refractivity contribution in [1.82, 2.24) is 9.55 Å². The van der Waals surface area contributed by atoms with Crippen molar-refractivity contribution in [2.24, 2.45) is 0 Å². The van der Waals surface area contributed by atoms with Crippen molar-refractivity contribution >= 4 is 50.8 Å². The lowest BCUT2D eigenvalue weighted by Crippen LogP contribution is -2.12. The maximum Gasteiger partial charge on any atom is 0.322 e. The molecule has 0 radical (unpaired) electrons. The number of halogens is 3. The Morgan fingerprint density at radius 1 is 1.03 bits per heavy atom. The molecule has 8 heteroatoms. The van der Waals surface area contributed by atoms with Crippen LogP contribution in [-0.2, 0) is 11.2 Å². The number of aromatic nitrogens is 2. The van der Waals surface area contributed by atoms with Gasteiger partial charge in [-0.15, -0.1) is 0 Å². The van der Waals surface area contributed by atoms with Gasteiger partial charge >= 0.3 is 5.97 Å². The lowest BCUT2D eigenvalue weighted by molar-refractivity contribution is -0.134. The van der Waals surface area contributed by atoms with Crippen molar-refractivity contribution in [3.8, 4) is 16.9 Å². The number of imidazole rings is 1. The number of carbonyl (C=O) groups is 1. The standard InChI is InChI=1S/C24H18BrCl2N3O2/c25-16-3-1-15(2-4-16)11-23-29-22(20-10-5-17(26)12-21(20)27)14-30(23)19-8-6-18(7-9-19)28-13-24(31)32/h1-10,12,14,28H,11,13H2,(H,31,32). The van der Waals surface area contributed by atoms with Crippen LogP contribution in [0, 0.1) is 0 Å². The molecule has 0 aliphatic heterocycles. The molecule has 0 fully saturated rings. The maximum absolute atomic E-state index is 10.8. The van der Waals surface area contributed by atoms with Gasteiger partial charge in [0, 0.05) is 39.1 Å². The number of hydrogen-bond donors (Lipinski definition) is 2. The summed E-state index contributed by atoms with van der Waals surface area (Å²) in [5.41, 5.74) is 4.29. The SMILES string of the molecule is O=C(O)CNc1ccc(-n2cc(-c3ccc(Cl)cc3Cl)nc2Cc2ccc(Br)cc2)cc1. The van der Waals surface area contributed by atoms with E-state index in [-0.39, 0.29) is 6.54 Å². The number of rotatable bonds is 7. The number of nitrogens with one attached hydrogen (secondary N) is 1. The molecular formula is C24H18BrCl2N3O2. The first-order chi connectivity index (χ1) is 15.4. The van der Waals surface area contributed by atoms with E-state index < -0.39 is 5.97 Å². The van der Waals surface area contributed by atoms with Gasteiger partial charge < -0.3 is 15.0 Å². The summed E-state index contributed by atoms with van der Waals surface area (Å²) < 4.78 is 3.03. The molecule has 0 spiro atoms. The third-order valence-corrected chi connectivity index (χ3v) is 5.93. The lowest BCUT2D eigenvalue weighted by Gasteiger charge is -2.10. The molecule has 1 aromatic heterocycles. The molecule has 0 unspecified atom stereocenters. The van der Waals surface area contributed by atoms with Gasteiger partial charge in [-0.3, -0.25) is 4.79 Å². The summed E-state index contributed by atoms with van der Waals surface area (Å²) in [7, 11) is 0. The molecule has 3 aromatic carbocycles. The van der Waals surface area contributed by atoms with Gasteiger partial charge in [-0.2, -0.15) is 0 Å². The molecule has 0 aliphatic rings. The summed E-state index contributed by atoms with van der Waals surface area (Å²) in [6, 6.07) is 21.0. The van der Waals surface area contributed by atoms with Gasteiger partial charge in [0.2, 0.25) is 0 Å². The Hall–Kier alpha value is -2.80. The molecule has 4 rings (SSSR count). The van der Waals surface area contributed by atoms with Crippen LogP contribution in [0.15, 0.2) is 77.4 Å². The second-order valence-electron chi connectivity index (χ2n) is 7.13. The maximum atomic E-state index is 10.8. The average molecular weight is 531 g/mol. The van der Waals surface area contributed by atoms with Crippen LogP contribution in [0.5, 0.6) is 0 Å². The van der Waals surface area contributed by atoms with Crippen molar-refractivity contribution in [2.45, 2.75) is 6.42 Å². The quantitative estimate of drug-likeness (QED) is 0.279. The zero-order chi connectivity index (χ0) is 22.7. The summed E-state index contributed by atoms with van der Waals surface area (Å²) in [5.74, 6) is -0.0652. The molecule has 32 heavy (non-hydrogen) atoms. The smallest absolute Gasteiger partial charge is 0.322 e. The molecule has 0 bridgehead atoms. The predicted molar refractivity (Wildman–Crippen MR) is 132 cm³/mol.